The molecule has 1 heterocycles. The van der Waals surface area contributed by atoms with E-state index in [-0.39, 0.29) is 17.4 Å². The van der Waals surface area contributed by atoms with Gasteiger partial charge in [-0.3, -0.25) is 9.36 Å². The van der Waals surface area contributed by atoms with Crippen LogP contribution in [0.1, 0.15) is 25.6 Å². The van der Waals surface area contributed by atoms with Gasteiger partial charge < -0.3 is 4.74 Å². The van der Waals surface area contributed by atoms with E-state index in [0.717, 1.165) is 12.1 Å². The van der Waals surface area contributed by atoms with Crippen LogP contribution in [-0.4, -0.2) is 21.2 Å². The highest BCUT2D eigenvalue weighted by atomic mass is 35.5. The van der Waals surface area contributed by atoms with Crippen LogP contribution in [0.4, 0.5) is 13.2 Å². The predicted octanol–water partition coefficient (Wildman–Crippen LogP) is 4.31. The van der Waals surface area contributed by atoms with Gasteiger partial charge in [0.25, 0.3) is 0 Å². The molecule has 0 spiro atoms. The first kappa shape index (κ1) is 18.3. The van der Waals surface area contributed by atoms with Gasteiger partial charge in [0, 0.05) is 23.7 Å². The summed E-state index contributed by atoms with van der Waals surface area (Å²) in [5.41, 5.74) is -1.66. The molecule has 0 aliphatic carbocycles. The number of hydrogen-bond acceptors (Lipinski definition) is 3. The summed E-state index contributed by atoms with van der Waals surface area (Å²) in [7, 11) is 0. The number of carbonyl (C=O) groups is 1. The highest BCUT2D eigenvalue weighted by Crippen LogP contribution is 2.32. The van der Waals surface area contributed by atoms with Crippen LogP contribution in [0, 0.1) is 5.41 Å². The number of imidazole rings is 1. The Labute approximate surface area is 142 Å². The summed E-state index contributed by atoms with van der Waals surface area (Å²) in [6.45, 7) is 3.34. The summed E-state index contributed by atoms with van der Waals surface area (Å²) in [4.78, 5) is 16.6. The van der Waals surface area contributed by atoms with E-state index in [9.17, 15) is 18.0 Å². The molecule has 0 bridgehead atoms. The Morgan fingerprint density at radius 3 is 2.38 bits per heavy atom. The normalized spacial score (nSPS) is 13.6. The molecule has 0 saturated carbocycles. The Balaban J connectivity index is 2.28. The van der Waals surface area contributed by atoms with Gasteiger partial charge in [-0.15, -0.1) is 11.6 Å². The maximum absolute atomic E-state index is 12.7. The van der Waals surface area contributed by atoms with Crippen LogP contribution < -0.4 is 4.74 Å². The van der Waals surface area contributed by atoms with E-state index in [2.05, 4.69) is 4.98 Å². The molecule has 0 aliphatic heterocycles. The number of ether oxygens (including phenoxy) is 1. The summed E-state index contributed by atoms with van der Waals surface area (Å²) in [5, 5.41) is 0. The minimum absolute atomic E-state index is 0.0768. The molecule has 1 aromatic carbocycles. The predicted molar refractivity (Wildman–Crippen MR) is 82.8 cm³/mol. The molecule has 0 radical (unpaired) electrons. The fourth-order valence-electron chi connectivity index (χ4n) is 1.91. The van der Waals surface area contributed by atoms with E-state index in [1.165, 1.54) is 35.4 Å². The van der Waals surface area contributed by atoms with E-state index < -0.39 is 23.4 Å². The summed E-state index contributed by atoms with van der Waals surface area (Å²) >= 11 is 5.84. The van der Waals surface area contributed by atoms with E-state index in [1.54, 1.807) is 13.8 Å². The van der Waals surface area contributed by atoms with Gasteiger partial charge >= 0.3 is 6.18 Å². The Morgan fingerprint density at radius 2 is 1.92 bits per heavy atom. The third-order valence-electron chi connectivity index (χ3n) is 3.45. The van der Waals surface area contributed by atoms with Gasteiger partial charge in [0.1, 0.15) is 5.75 Å². The first-order chi connectivity index (χ1) is 11.1. The highest BCUT2D eigenvalue weighted by molar-refractivity contribution is 6.20. The fraction of sp³-hybridized carbons (Fsp3) is 0.375. The first-order valence-electron chi connectivity index (χ1n) is 7.07. The van der Waals surface area contributed by atoms with Crippen molar-refractivity contribution in [1.29, 1.82) is 0 Å². The zero-order valence-corrected chi connectivity index (χ0v) is 13.8. The van der Waals surface area contributed by atoms with E-state index in [1.807, 2.05) is 0 Å². The molecule has 1 unspecified atom stereocenters. The molecule has 0 saturated heterocycles. The summed E-state index contributed by atoms with van der Waals surface area (Å²) in [5.74, 6) is -0.0937. The lowest BCUT2D eigenvalue weighted by atomic mass is 9.89. The second-order valence-corrected chi connectivity index (χ2v) is 6.15. The van der Waals surface area contributed by atoms with Gasteiger partial charge in [0.15, 0.2) is 0 Å². The largest absolute Gasteiger partial charge is 0.463 e. The molecule has 1 aromatic heterocycles. The molecular formula is C16H16ClF3N2O2. The fourth-order valence-corrected chi connectivity index (χ4v) is 2.04. The van der Waals surface area contributed by atoms with Crippen molar-refractivity contribution in [1.82, 2.24) is 9.55 Å². The van der Waals surface area contributed by atoms with Crippen molar-refractivity contribution < 1.29 is 22.7 Å². The smallest absolute Gasteiger partial charge is 0.416 e. The molecule has 0 N–H and O–H groups in total. The molecule has 130 valence electrons. The number of ketones is 1. The zero-order valence-electron chi connectivity index (χ0n) is 13.0. The number of Topliss-reactive ketones (excluding diaryl/α,β-unsaturated/α-hetero) is 1. The van der Waals surface area contributed by atoms with E-state index >= 15 is 0 Å². The van der Waals surface area contributed by atoms with Gasteiger partial charge in [-0.25, -0.2) is 4.98 Å². The van der Waals surface area contributed by atoms with E-state index in [0.29, 0.717) is 0 Å². The van der Waals surface area contributed by atoms with Crippen LogP contribution in [0.3, 0.4) is 0 Å². The molecule has 1 atom stereocenters. The first-order valence-corrected chi connectivity index (χ1v) is 7.60. The second-order valence-electron chi connectivity index (χ2n) is 5.88. The molecule has 0 amide bonds. The average Bonchev–Trinajstić information content (AvgIpc) is 3.05. The van der Waals surface area contributed by atoms with Crippen molar-refractivity contribution in [3.8, 4) is 5.75 Å². The summed E-state index contributed by atoms with van der Waals surface area (Å²) in [6, 6.07) is 4.15. The minimum Gasteiger partial charge on any atom is -0.463 e. The summed E-state index contributed by atoms with van der Waals surface area (Å²) in [6.07, 6.45) is -1.09. The Hall–Kier alpha value is -2.02. The maximum Gasteiger partial charge on any atom is 0.416 e. The van der Waals surface area contributed by atoms with Crippen molar-refractivity contribution in [2.75, 3.05) is 5.88 Å². The number of alkyl halides is 4. The van der Waals surface area contributed by atoms with Crippen molar-refractivity contribution in [3.63, 3.8) is 0 Å². The number of benzene rings is 1. The third-order valence-corrected chi connectivity index (χ3v) is 4.12. The standard InChI is InChI=1S/C16H16ClF3N2O2/c1-15(2,9-17)13(23)14(22-8-7-21-10-22)24-12-5-3-11(4-6-12)16(18,19)20/h3-8,10,14H,9H2,1-2H3. The SMILES string of the molecule is CC(C)(CCl)C(=O)C(Oc1ccc(C(F)(F)F)cc1)n1ccnc1. The molecular weight excluding hydrogens is 345 g/mol. The van der Waals surface area contributed by atoms with Gasteiger partial charge in [-0.1, -0.05) is 13.8 Å². The van der Waals surface area contributed by atoms with E-state index in [4.69, 9.17) is 16.3 Å². The molecule has 24 heavy (non-hydrogen) atoms. The highest BCUT2D eigenvalue weighted by Gasteiger charge is 2.36. The average molecular weight is 361 g/mol. The minimum atomic E-state index is -4.43. The molecule has 4 nitrogen and oxygen atoms in total. The monoisotopic (exact) mass is 360 g/mol. The van der Waals surface area contributed by atoms with Crippen molar-refractivity contribution >= 4 is 17.4 Å². The van der Waals surface area contributed by atoms with Gasteiger partial charge in [-0.2, -0.15) is 13.2 Å². The quantitative estimate of drug-likeness (QED) is 0.721. The maximum atomic E-state index is 12.7. The van der Waals surface area contributed by atoms with Crippen molar-refractivity contribution in [2.45, 2.75) is 26.3 Å². The Bertz CT molecular complexity index is 682. The van der Waals surface area contributed by atoms with Gasteiger partial charge in [0.05, 0.1) is 11.9 Å². The number of nitrogens with zero attached hydrogens (tertiary/aromatic N) is 2. The molecule has 2 aromatic rings. The van der Waals surface area contributed by atoms with Crippen LogP contribution in [-0.2, 0) is 11.0 Å². The number of hydrogen-bond donors (Lipinski definition) is 0. The Morgan fingerprint density at radius 1 is 1.29 bits per heavy atom. The number of aromatic nitrogens is 2. The topological polar surface area (TPSA) is 44.1 Å². The van der Waals surface area contributed by atoms with Crippen LogP contribution in [0.15, 0.2) is 43.0 Å². The van der Waals surface area contributed by atoms with Crippen LogP contribution >= 0.6 is 11.6 Å². The van der Waals surface area contributed by atoms with Crippen LogP contribution in [0.25, 0.3) is 0 Å². The van der Waals surface area contributed by atoms with Crippen LogP contribution in [0.5, 0.6) is 5.75 Å². The Kier molecular flexibility index (Phi) is 5.22. The molecule has 2 rings (SSSR count). The lowest BCUT2D eigenvalue weighted by Crippen LogP contribution is -2.36. The lowest BCUT2D eigenvalue weighted by Gasteiger charge is -2.27. The van der Waals surface area contributed by atoms with Crippen molar-refractivity contribution in [3.05, 3.63) is 48.5 Å². The molecule has 8 heteroatoms. The number of carbonyl (C=O) groups excluding carboxylic acids is 1. The molecule has 0 fully saturated rings. The van der Waals surface area contributed by atoms with Gasteiger partial charge in [-0.05, 0) is 24.3 Å². The molecule has 0 aliphatic rings. The third kappa shape index (κ3) is 4.08. The van der Waals surface area contributed by atoms with Gasteiger partial charge in [0.2, 0.25) is 12.0 Å². The second kappa shape index (κ2) is 6.84. The van der Waals surface area contributed by atoms with Crippen molar-refractivity contribution in [2.24, 2.45) is 5.41 Å². The number of halogens is 4. The lowest BCUT2D eigenvalue weighted by molar-refractivity contribution is -0.138. The van der Waals surface area contributed by atoms with Crippen LogP contribution in [0.2, 0.25) is 0 Å². The zero-order chi connectivity index (χ0) is 18.0. The summed E-state index contributed by atoms with van der Waals surface area (Å²) < 4.78 is 44.9. The number of rotatable bonds is 6.